The van der Waals surface area contributed by atoms with Crippen LogP contribution in [0.5, 0.6) is 0 Å². The van der Waals surface area contributed by atoms with Crippen molar-refractivity contribution in [2.24, 2.45) is 0 Å². The largest absolute Gasteiger partial charge is 0.467 e. The molecule has 0 radical (unpaired) electrons. The van der Waals surface area contributed by atoms with Crippen molar-refractivity contribution in [1.82, 2.24) is 0 Å². The number of aliphatic hydroxyl groups excluding tert-OH is 1. The van der Waals surface area contributed by atoms with Crippen molar-refractivity contribution >= 4 is 17.9 Å². The topological polar surface area (TPSA) is 108 Å². The number of methoxy groups -OCH3 is 1. The van der Waals surface area contributed by atoms with Crippen molar-refractivity contribution in [3.63, 3.8) is 0 Å². The van der Waals surface area contributed by atoms with Crippen molar-refractivity contribution < 1.29 is 38.4 Å². The molecule has 0 aliphatic carbocycles. The molecule has 1 saturated heterocycles. The summed E-state index contributed by atoms with van der Waals surface area (Å²) in [7, 11) is 1.14. The van der Waals surface area contributed by atoms with Crippen LogP contribution in [0.4, 0.5) is 0 Å². The second-order valence-corrected chi connectivity index (χ2v) is 3.99. The fourth-order valence-electron chi connectivity index (χ4n) is 1.76. The number of ether oxygens (including phenoxy) is 4. The summed E-state index contributed by atoms with van der Waals surface area (Å²) in [5, 5.41) is 9.97. The Morgan fingerprint density at radius 1 is 1.16 bits per heavy atom. The lowest BCUT2D eigenvalue weighted by molar-refractivity contribution is -0.222. The van der Waals surface area contributed by atoms with E-state index in [4.69, 9.17) is 14.2 Å². The van der Waals surface area contributed by atoms with E-state index < -0.39 is 42.3 Å². The van der Waals surface area contributed by atoms with Gasteiger partial charge < -0.3 is 24.1 Å². The van der Waals surface area contributed by atoms with Gasteiger partial charge in [0.05, 0.1) is 13.7 Å². The van der Waals surface area contributed by atoms with Gasteiger partial charge in [0, 0.05) is 13.8 Å². The lowest BCUT2D eigenvalue weighted by atomic mass is 9.99. The molecule has 0 unspecified atom stereocenters. The maximum atomic E-state index is 11.4. The van der Waals surface area contributed by atoms with Crippen LogP contribution in [0, 0.1) is 0 Å². The molecule has 8 heteroatoms. The van der Waals surface area contributed by atoms with Crippen LogP contribution in [0.25, 0.3) is 0 Å². The SMILES string of the molecule is COC(=O)[C@H]1OC[C@H](OC(C)=O)[C@@H](OC(C)=O)[C@@H]1O. The third-order valence-electron chi connectivity index (χ3n) is 2.51. The van der Waals surface area contributed by atoms with Gasteiger partial charge in [0.15, 0.2) is 18.3 Å². The molecule has 1 fully saturated rings. The molecular weight excluding hydrogens is 260 g/mol. The number of aliphatic hydroxyl groups is 1. The number of hydrogen-bond donors (Lipinski definition) is 1. The van der Waals surface area contributed by atoms with Crippen molar-refractivity contribution in [2.45, 2.75) is 38.3 Å². The predicted octanol–water partition coefficient (Wildman–Crippen LogP) is -1.22. The highest BCUT2D eigenvalue weighted by Crippen LogP contribution is 2.22. The predicted molar refractivity (Wildman–Crippen MR) is 58.9 cm³/mol. The number of carbonyl (C=O) groups excluding carboxylic acids is 3. The molecule has 0 amide bonds. The highest BCUT2D eigenvalue weighted by atomic mass is 16.6. The zero-order valence-corrected chi connectivity index (χ0v) is 10.8. The van der Waals surface area contributed by atoms with Crippen molar-refractivity contribution in [1.29, 1.82) is 0 Å². The first-order valence-electron chi connectivity index (χ1n) is 5.58. The second-order valence-electron chi connectivity index (χ2n) is 3.99. The Bertz CT molecular complexity index is 366. The van der Waals surface area contributed by atoms with E-state index in [1.807, 2.05) is 0 Å². The normalized spacial score (nSPS) is 30.3. The summed E-state index contributed by atoms with van der Waals surface area (Å²) in [6, 6.07) is 0. The molecule has 4 atom stereocenters. The van der Waals surface area contributed by atoms with Crippen LogP contribution in [0.1, 0.15) is 13.8 Å². The molecule has 0 aromatic heterocycles. The van der Waals surface area contributed by atoms with Crippen LogP contribution in [0.2, 0.25) is 0 Å². The summed E-state index contributed by atoms with van der Waals surface area (Å²) in [5.74, 6) is -2.09. The van der Waals surface area contributed by atoms with E-state index >= 15 is 0 Å². The molecule has 19 heavy (non-hydrogen) atoms. The van der Waals surface area contributed by atoms with Crippen LogP contribution in [0.3, 0.4) is 0 Å². The van der Waals surface area contributed by atoms with Gasteiger partial charge in [-0.25, -0.2) is 4.79 Å². The Balaban J connectivity index is 2.85. The summed E-state index contributed by atoms with van der Waals surface area (Å²) < 4.78 is 19.3. The maximum Gasteiger partial charge on any atom is 0.337 e. The van der Waals surface area contributed by atoms with Crippen molar-refractivity contribution in [3.8, 4) is 0 Å². The zero-order valence-electron chi connectivity index (χ0n) is 10.8. The molecule has 0 spiro atoms. The lowest BCUT2D eigenvalue weighted by Crippen LogP contribution is -2.58. The quantitative estimate of drug-likeness (QED) is 0.505. The van der Waals surface area contributed by atoms with Crippen LogP contribution in [-0.2, 0) is 33.3 Å². The third kappa shape index (κ3) is 3.90. The van der Waals surface area contributed by atoms with Crippen LogP contribution < -0.4 is 0 Å². The number of carbonyl (C=O) groups is 3. The van der Waals surface area contributed by atoms with E-state index in [0.29, 0.717) is 0 Å². The molecule has 0 aromatic rings. The molecule has 108 valence electrons. The molecule has 1 rings (SSSR count). The van der Waals surface area contributed by atoms with Gasteiger partial charge in [0.2, 0.25) is 0 Å². The Kier molecular flexibility index (Phi) is 5.25. The van der Waals surface area contributed by atoms with Gasteiger partial charge >= 0.3 is 17.9 Å². The Morgan fingerprint density at radius 3 is 2.21 bits per heavy atom. The highest BCUT2D eigenvalue weighted by Gasteiger charge is 2.47. The average molecular weight is 276 g/mol. The zero-order chi connectivity index (χ0) is 14.6. The van der Waals surface area contributed by atoms with E-state index in [2.05, 4.69) is 4.74 Å². The monoisotopic (exact) mass is 276 g/mol. The minimum atomic E-state index is -1.48. The number of esters is 3. The van der Waals surface area contributed by atoms with Crippen molar-refractivity contribution in [2.75, 3.05) is 13.7 Å². The lowest BCUT2D eigenvalue weighted by Gasteiger charge is -2.37. The van der Waals surface area contributed by atoms with E-state index in [0.717, 1.165) is 14.0 Å². The second kappa shape index (κ2) is 6.48. The first kappa shape index (κ1) is 15.4. The van der Waals surface area contributed by atoms with Gasteiger partial charge in [0.1, 0.15) is 6.10 Å². The summed E-state index contributed by atoms with van der Waals surface area (Å²) in [5.41, 5.74) is 0. The van der Waals surface area contributed by atoms with Gasteiger partial charge in [-0.15, -0.1) is 0 Å². The Morgan fingerprint density at radius 2 is 1.74 bits per heavy atom. The average Bonchev–Trinajstić information content (AvgIpc) is 2.32. The standard InChI is InChI=1S/C11H16O8/c1-5(12)18-7-4-17-10(11(15)16-3)8(14)9(7)19-6(2)13/h7-10,14H,4H2,1-3H3/t7-,8-,9+,10-/m0/s1. The molecule has 8 nitrogen and oxygen atoms in total. The van der Waals surface area contributed by atoms with Gasteiger partial charge in [-0.2, -0.15) is 0 Å². The Labute approximate surface area is 109 Å². The minimum Gasteiger partial charge on any atom is -0.467 e. The molecule has 0 saturated carbocycles. The molecule has 1 N–H and O–H groups in total. The third-order valence-corrected chi connectivity index (χ3v) is 2.51. The van der Waals surface area contributed by atoms with E-state index in [9.17, 15) is 19.5 Å². The molecule has 1 aliphatic rings. The highest BCUT2D eigenvalue weighted by molar-refractivity contribution is 5.76. The summed E-state index contributed by atoms with van der Waals surface area (Å²) in [6.45, 7) is 2.12. The first-order valence-corrected chi connectivity index (χ1v) is 5.58. The number of hydrogen-bond acceptors (Lipinski definition) is 8. The fraction of sp³-hybridized carbons (Fsp3) is 0.727. The van der Waals surface area contributed by atoms with Crippen LogP contribution in [-0.4, -0.2) is 61.1 Å². The maximum absolute atomic E-state index is 11.4. The van der Waals surface area contributed by atoms with E-state index in [-0.39, 0.29) is 6.61 Å². The molecule has 1 aliphatic heterocycles. The first-order chi connectivity index (χ1) is 8.86. The summed E-state index contributed by atoms with van der Waals surface area (Å²) >= 11 is 0. The van der Waals surface area contributed by atoms with Crippen LogP contribution in [0.15, 0.2) is 0 Å². The van der Waals surface area contributed by atoms with Gasteiger partial charge in [-0.1, -0.05) is 0 Å². The number of rotatable bonds is 3. The molecule has 0 aromatic carbocycles. The minimum absolute atomic E-state index is 0.186. The van der Waals surface area contributed by atoms with Crippen molar-refractivity contribution in [3.05, 3.63) is 0 Å². The fourth-order valence-corrected chi connectivity index (χ4v) is 1.76. The smallest absolute Gasteiger partial charge is 0.337 e. The van der Waals surface area contributed by atoms with Crippen LogP contribution >= 0.6 is 0 Å². The Hall–Kier alpha value is -1.67. The van der Waals surface area contributed by atoms with E-state index in [1.165, 1.54) is 6.92 Å². The summed E-state index contributed by atoms with van der Waals surface area (Å²) in [6.07, 6.45) is -4.92. The molecule has 0 bridgehead atoms. The van der Waals surface area contributed by atoms with E-state index in [1.54, 1.807) is 0 Å². The van der Waals surface area contributed by atoms with Gasteiger partial charge in [0.25, 0.3) is 0 Å². The van der Waals surface area contributed by atoms with Gasteiger partial charge in [-0.3, -0.25) is 9.59 Å². The molecule has 1 heterocycles. The van der Waals surface area contributed by atoms with Gasteiger partial charge in [-0.05, 0) is 0 Å². The summed E-state index contributed by atoms with van der Waals surface area (Å²) in [4.78, 5) is 33.3. The molecular formula is C11H16O8.